The molecule has 0 amide bonds. The number of nitrogens with two attached hydrogens (primary N) is 1. The van der Waals surface area contributed by atoms with Crippen molar-refractivity contribution in [3.8, 4) is 0 Å². The quantitative estimate of drug-likeness (QED) is 0.325. The molecule has 0 aromatic heterocycles. The van der Waals surface area contributed by atoms with Crippen LogP contribution in [-0.4, -0.2) is 11.9 Å². The van der Waals surface area contributed by atoms with Crippen LogP contribution in [0, 0.1) is 5.82 Å². The Morgan fingerprint density at radius 2 is 2.07 bits per heavy atom. The van der Waals surface area contributed by atoms with Gasteiger partial charge < -0.3 is 5.43 Å². The van der Waals surface area contributed by atoms with Crippen molar-refractivity contribution in [3.63, 3.8) is 0 Å². The molecular formula is C10H14FN3. The Morgan fingerprint density at radius 3 is 2.57 bits per heavy atom. The van der Waals surface area contributed by atoms with Gasteiger partial charge in [0.1, 0.15) is 11.7 Å². The molecule has 0 fully saturated rings. The molecule has 0 saturated carbocycles. The summed E-state index contributed by atoms with van der Waals surface area (Å²) in [6.45, 7) is 3.80. The van der Waals surface area contributed by atoms with Gasteiger partial charge in [0.15, 0.2) is 0 Å². The molecule has 3 nitrogen and oxygen atoms in total. The van der Waals surface area contributed by atoms with Gasteiger partial charge >= 0.3 is 0 Å². The zero-order valence-corrected chi connectivity index (χ0v) is 8.29. The highest BCUT2D eigenvalue weighted by Gasteiger charge is 2.07. The van der Waals surface area contributed by atoms with Gasteiger partial charge in [-0.15, -0.1) is 0 Å². The fourth-order valence-electron chi connectivity index (χ4n) is 1.10. The van der Waals surface area contributed by atoms with Gasteiger partial charge in [0, 0.05) is 6.04 Å². The predicted octanol–water partition coefficient (Wildman–Crippen LogP) is 1.44. The van der Waals surface area contributed by atoms with Crippen molar-refractivity contribution < 1.29 is 4.39 Å². The summed E-state index contributed by atoms with van der Waals surface area (Å²) in [6, 6.07) is 6.45. The van der Waals surface area contributed by atoms with E-state index < -0.39 is 0 Å². The van der Waals surface area contributed by atoms with Gasteiger partial charge in [-0.3, -0.25) is 4.99 Å². The maximum absolute atomic E-state index is 13.3. The summed E-state index contributed by atoms with van der Waals surface area (Å²) in [6.07, 6.45) is 0. The molecule has 0 unspecified atom stereocenters. The highest BCUT2D eigenvalue weighted by molar-refractivity contribution is 5.98. The van der Waals surface area contributed by atoms with Gasteiger partial charge in [-0.1, -0.05) is 12.1 Å². The van der Waals surface area contributed by atoms with Crippen molar-refractivity contribution in [2.45, 2.75) is 19.9 Å². The van der Waals surface area contributed by atoms with Gasteiger partial charge in [-0.2, -0.15) is 0 Å². The normalized spacial score (nSPS) is 11.9. The first-order valence-electron chi connectivity index (χ1n) is 4.44. The highest BCUT2D eigenvalue weighted by atomic mass is 19.1. The fraction of sp³-hybridized carbons (Fsp3) is 0.300. The molecule has 0 aliphatic rings. The van der Waals surface area contributed by atoms with E-state index in [9.17, 15) is 4.39 Å². The van der Waals surface area contributed by atoms with E-state index in [0.29, 0.717) is 11.4 Å². The Balaban J connectivity index is 3.07. The van der Waals surface area contributed by atoms with Crippen molar-refractivity contribution in [2.24, 2.45) is 10.8 Å². The van der Waals surface area contributed by atoms with Crippen LogP contribution in [0.5, 0.6) is 0 Å². The predicted molar refractivity (Wildman–Crippen MR) is 55.4 cm³/mol. The molecule has 0 aliphatic heterocycles. The van der Waals surface area contributed by atoms with Gasteiger partial charge in [0.05, 0.1) is 5.56 Å². The van der Waals surface area contributed by atoms with E-state index in [4.69, 9.17) is 5.84 Å². The summed E-state index contributed by atoms with van der Waals surface area (Å²) >= 11 is 0. The van der Waals surface area contributed by atoms with Crippen LogP contribution in [0.25, 0.3) is 0 Å². The van der Waals surface area contributed by atoms with Crippen molar-refractivity contribution >= 4 is 5.84 Å². The van der Waals surface area contributed by atoms with Crippen LogP contribution in [-0.2, 0) is 0 Å². The SMILES string of the molecule is CC(C)N=C(NN)c1ccccc1F. The second kappa shape index (κ2) is 4.72. The lowest BCUT2D eigenvalue weighted by Gasteiger charge is -2.08. The molecule has 1 aromatic rings. The molecule has 0 spiro atoms. The molecule has 3 N–H and O–H groups in total. The molecular weight excluding hydrogens is 181 g/mol. The highest BCUT2D eigenvalue weighted by Crippen LogP contribution is 2.07. The smallest absolute Gasteiger partial charge is 0.145 e. The average molecular weight is 195 g/mol. The Hall–Kier alpha value is -1.42. The molecule has 0 aliphatic carbocycles. The zero-order chi connectivity index (χ0) is 10.6. The number of nitrogens with zero attached hydrogens (tertiary/aromatic N) is 1. The molecule has 0 bridgehead atoms. The number of benzene rings is 1. The summed E-state index contributed by atoms with van der Waals surface area (Å²) < 4.78 is 13.3. The fourth-order valence-corrected chi connectivity index (χ4v) is 1.10. The van der Waals surface area contributed by atoms with Crippen molar-refractivity contribution in [1.82, 2.24) is 5.43 Å². The summed E-state index contributed by atoms with van der Waals surface area (Å²) in [5.74, 6) is 5.32. The first-order valence-corrected chi connectivity index (χ1v) is 4.44. The van der Waals surface area contributed by atoms with E-state index in [2.05, 4.69) is 10.4 Å². The van der Waals surface area contributed by atoms with Crippen LogP contribution in [0.4, 0.5) is 4.39 Å². The molecule has 1 rings (SSSR count). The van der Waals surface area contributed by atoms with E-state index in [1.807, 2.05) is 13.8 Å². The Morgan fingerprint density at radius 1 is 1.43 bits per heavy atom. The minimum absolute atomic E-state index is 0.0701. The third-order valence-electron chi connectivity index (χ3n) is 1.65. The lowest BCUT2D eigenvalue weighted by Crippen LogP contribution is -2.32. The van der Waals surface area contributed by atoms with Gasteiger partial charge in [0.25, 0.3) is 0 Å². The lowest BCUT2D eigenvalue weighted by atomic mass is 10.2. The van der Waals surface area contributed by atoms with Crippen LogP contribution < -0.4 is 11.3 Å². The number of halogens is 1. The van der Waals surface area contributed by atoms with E-state index in [-0.39, 0.29) is 11.9 Å². The second-order valence-corrected chi connectivity index (χ2v) is 3.20. The minimum atomic E-state index is -0.329. The molecule has 0 heterocycles. The lowest BCUT2D eigenvalue weighted by molar-refractivity contribution is 0.623. The largest absolute Gasteiger partial charge is 0.308 e. The number of amidine groups is 1. The van der Waals surface area contributed by atoms with Crippen LogP contribution >= 0.6 is 0 Å². The molecule has 0 saturated heterocycles. The zero-order valence-electron chi connectivity index (χ0n) is 8.29. The Kier molecular flexibility index (Phi) is 3.59. The number of nitrogens with one attached hydrogen (secondary N) is 1. The monoisotopic (exact) mass is 195 g/mol. The minimum Gasteiger partial charge on any atom is -0.308 e. The number of hydrogen-bond acceptors (Lipinski definition) is 2. The first kappa shape index (κ1) is 10.7. The summed E-state index contributed by atoms with van der Waals surface area (Å²) in [4.78, 5) is 4.17. The van der Waals surface area contributed by atoms with E-state index in [0.717, 1.165) is 0 Å². The third-order valence-corrected chi connectivity index (χ3v) is 1.65. The van der Waals surface area contributed by atoms with E-state index in [1.54, 1.807) is 18.2 Å². The van der Waals surface area contributed by atoms with E-state index in [1.165, 1.54) is 6.07 Å². The average Bonchev–Trinajstić information content (AvgIpc) is 2.15. The second-order valence-electron chi connectivity index (χ2n) is 3.20. The third kappa shape index (κ3) is 2.53. The summed E-state index contributed by atoms with van der Waals surface area (Å²) in [7, 11) is 0. The molecule has 76 valence electrons. The van der Waals surface area contributed by atoms with Crippen molar-refractivity contribution in [1.29, 1.82) is 0 Å². The van der Waals surface area contributed by atoms with Gasteiger partial charge in [-0.05, 0) is 26.0 Å². The maximum Gasteiger partial charge on any atom is 0.145 e. The topological polar surface area (TPSA) is 50.4 Å². The van der Waals surface area contributed by atoms with Crippen LogP contribution in [0.1, 0.15) is 19.4 Å². The number of hydrazine groups is 1. The Labute approximate surface area is 82.8 Å². The Bertz CT molecular complexity index is 334. The van der Waals surface area contributed by atoms with E-state index >= 15 is 0 Å². The molecule has 4 heteroatoms. The summed E-state index contributed by atoms with van der Waals surface area (Å²) in [5, 5.41) is 0. The maximum atomic E-state index is 13.3. The van der Waals surface area contributed by atoms with Crippen LogP contribution in [0.3, 0.4) is 0 Å². The number of hydrogen-bond donors (Lipinski definition) is 2. The van der Waals surface area contributed by atoms with Crippen molar-refractivity contribution in [2.75, 3.05) is 0 Å². The van der Waals surface area contributed by atoms with Gasteiger partial charge in [-0.25, -0.2) is 10.2 Å². The van der Waals surface area contributed by atoms with Gasteiger partial charge in [0.2, 0.25) is 0 Å². The van der Waals surface area contributed by atoms with Crippen LogP contribution in [0.2, 0.25) is 0 Å². The molecule has 1 aromatic carbocycles. The number of aliphatic imine (C=N–C) groups is 1. The van der Waals surface area contributed by atoms with Crippen LogP contribution in [0.15, 0.2) is 29.3 Å². The molecule has 14 heavy (non-hydrogen) atoms. The standard InChI is InChI=1S/C10H14FN3/c1-7(2)13-10(14-12)8-5-3-4-6-9(8)11/h3-7H,12H2,1-2H3,(H,13,14). The molecule has 0 radical (unpaired) electrons. The first-order chi connectivity index (χ1) is 6.65. The molecule has 0 atom stereocenters. The van der Waals surface area contributed by atoms with Crippen molar-refractivity contribution in [3.05, 3.63) is 35.6 Å². The summed E-state index contributed by atoms with van der Waals surface area (Å²) in [5.41, 5.74) is 2.79. The number of rotatable bonds is 2.